The molecule has 1 nitrogen and oxygen atoms in total. The molecular weight excluding hydrogens is 307 g/mol. The van der Waals surface area contributed by atoms with Crippen LogP contribution in [0.2, 0.25) is 44.6 Å². The topological polar surface area (TPSA) is 12.0 Å². The third kappa shape index (κ3) is 0.0798. The van der Waals surface area contributed by atoms with Crippen molar-refractivity contribution >= 4 is 0 Å². The average Bonchev–Trinajstić information content (AvgIpc) is 3.27. The van der Waals surface area contributed by atoms with Crippen LogP contribution in [0.5, 0.6) is 0 Å². The second-order valence-electron chi connectivity index (χ2n) is 12.3. The maximum atomic E-state index is 4.04. The molecule has 5 atom stereocenters. The molecule has 1 N–H and O–H groups in total. The Morgan fingerprint density at radius 2 is 1.39 bits per heavy atom. The fourth-order valence-electron chi connectivity index (χ4n) is 18.2. The van der Waals surface area contributed by atoms with E-state index in [0.717, 1.165) is 16.0 Å². The van der Waals surface area contributed by atoms with E-state index < -0.39 is 7.72 Å². The molecule has 1 spiro atoms. The zero-order chi connectivity index (χ0) is 11.6. The summed E-state index contributed by atoms with van der Waals surface area (Å²) >= 11 is 0. The molecule has 0 bridgehead atoms. The SMILES string of the molecule is CC(C)CNC(C)[C]12[CH]3[CH]4[CH]5[CH]1[Ru]45321678[CH]2[CH]1[CH]6[CH]7[CH]28. The first-order valence-corrected chi connectivity index (χ1v) is 18.2. The van der Waals surface area contributed by atoms with Gasteiger partial charge in [0, 0.05) is 0 Å². The van der Waals surface area contributed by atoms with Crippen molar-refractivity contribution in [3.05, 3.63) is 0 Å². The summed E-state index contributed by atoms with van der Waals surface area (Å²) in [6.45, 7) is 8.66. The Labute approximate surface area is 96.8 Å². The standard InChI is InChI=1S/C11H18N.C5H5.Ru/c1-9(2)8-12-10(3)11-6-4-5-7-11;1-2-4-5-3-1;/h4-7,9-10,12H,8H2,1-3H3;1-5H;. The van der Waals surface area contributed by atoms with E-state index in [1.807, 2.05) is 0 Å². The minimum absolute atomic E-state index is 0.836. The number of fused-ring (bicyclic) bond motifs is 10. The van der Waals surface area contributed by atoms with Crippen molar-refractivity contribution in [3.63, 3.8) is 0 Å². The van der Waals surface area contributed by atoms with Crippen molar-refractivity contribution in [1.29, 1.82) is 0 Å². The minimum atomic E-state index is -3.04. The number of nitrogens with one attached hydrogen (secondary N) is 1. The molecule has 10 aliphatic heterocycles. The van der Waals surface area contributed by atoms with Crippen LogP contribution in [0.4, 0.5) is 0 Å². The fourth-order valence-corrected chi connectivity index (χ4v) is 154. The zero-order valence-corrected chi connectivity index (χ0v) is 13.1. The van der Waals surface area contributed by atoms with Crippen LogP contribution in [0.15, 0.2) is 0 Å². The van der Waals surface area contributed by atoms with Gasteiger partial charge in [0.05, 0.1) is 0 Å². The first-order chi connectivity index (χ1) is 8.38. The summed E-state index contributed by atoms with van der Waals surface area (Å²) in [4.78, 5) is 0. The van der Waals surface area contributed by atoms with Gasteiger partial charge in [0.25, 0.3) is 0 Å². The molecule has 0 aromatic rings. The summed E-state index contributed by atoms with van der Waals surface area (Å²) < 4.78 is 14.7. The number of rotatable bonds is 4. The van der Waals surface area contributed by atoms with Crippen molar-refractivity contribution in [3.8, 4) is 0 Å². The van der Waals surface area contributed by atoms with E-state index in [0.29, 0.717) is 0 Å². The first kappa shape index (κ1) is 7.55. The average molecular weight is 330 g/mol. The molecule has 100 valence electrons. The van der Waals surface area contributed by atoms with Crippen LogP contribution < -0.4 is 5.32 Å². The quantitative estimate of drug-likeness (QED) is 0.754. The molecule has 0 radical (unpaired) electrons. The second-order valence-corrected chi connectivity index (χ2v) is 49.4. The van der Waals surface area contributed by atoms with Crippen molar-refractivity contribution < 1.29 is 7.72 Å². The Kier molecular flexibility index (Phi) is 0.271. The second kappa shape index (κ2) is 0.645. The molecule has 10 fully saturated rings. The Hall–Kier alpha value is 0.583. The number of hydrogen-bond donors (Lipinski definition) is 1. The van der Waals surface area contributed by atoms with Crippen LogP contribution in [-0.2, 0) is 7.72 Å². The fraction of sp³-hybridized carbons (Fsp3) is 1.00. The summed E-state index contributed by atoms with van der Waals surface area (Å²) in [6.07, 6.45) is 0. The van der Waals surface area contributed by atoms with Crippen molar-refractivity contribution in [2.75, 3.05) is 6.54 Å². The van der Waals surface area contributed by atoms with Crippen LogP contribution >= 0.6 is 0 Å². The molecule has 18 heavy (non-hydrogen) atoms. The summed E-state index contributed by atoms with van der Waals surface area (Å²) in [7, 11) is -3.04. The van der Waals surface area contributed by atoms with Crippen LogP contribution in [0, 0.1) is 5.92 Å². The van der Waals surface area contributed by atoms with E-state index in [2.05, 4.69) is 26.1 Å². The molecule has 0 saturated carbocycles. The molecule has 10 aliphatic rings. The molecule has 5 unspecified atom stereocenters. The van der Waals surface area contributed by atoms with Gasteiger partial charge in [0.15, 0.2) is 0 Å². The van der Waals surface area contributed by atoms with Gasteiger partial charge in [-0.1, -0.05) is 0 Å². The van der Waals surface area contributed by atoms with E-state index in [4.69, 9.17) is 0 Å². The van der Waals surface area contributed by atoms with E-state index in [1.54, 1.807) is 0 Å². The van der Waals surface area contributed by atoms with Crippen molar-refractivity contribution in [1.82, 2.24) is 5.32 Å². The monoisotopic (exact) mass is 331 g/mol. The van der Waals surface area contributed by atoms with Gasteiger partial charge in [-0.3, -0.25) is 0 Å². The molecule has 0 aromatic heterocycles. The summed E-state index contributed by atoms with van der Waals surface area (Å²) in [5.41, 5.74) is 0. The van der Waals surface area contributed by atoms with Crippen molar-refractivity contribution in [2.24, 2.45) is 5.92 Å². The van der Waals surface area contributed by atoms with E-state index >= 15 is 0 Å². The molecule has 0 amide bonds. The number of hydrogen-bond acceptors (Lipinski definition) is 1. The maximum absolute atomic E-state index is 4.04. The van der Waals surface area contributed by atoms with Gasteiger partial charge < -0.3 is 0 Å². The molecule has 10 rings (SSSR count). The Morgan fingerprint density at radius 3 is 1.67 bits per heavy atom. The summed E-state index contributed by atoms with van der Waals surface area (Å²) in [5, 5.41) is 4.04. The Bertz CT molecular complexity index is 879. The van der Waals surface area contributed by atoms with Crippen LogP contribution in [0.3, 0.4) is 0 Å². The van der Waals surface area contributed by atoms with Crippen LogP contribution in [0.1, 0.15) is 20.8 Å². The molecule has 0 aromatic carbocycles. The van der Waals surface area contributed by atoms with E-state index in [1.165, 1.54) is 47.2 Å². The van der Waals surface area contributed by atoms with Gasteiger partial charge in [-0.25, -0.2) is 0 Å². The van der Waals surface area contributed by atoms with E-state index in [-0.39, 0.29) is 0 Å². The summed E-state index contributed by atoms with van der Waals surface area (Å²) in [5.74, 6) is 0.836. The van der Waals surface area contributed by atoms with Gasteiger partial charge >= 0.3 is 96.9 Å². The van der Waals surface area contributed by atoms with Crippen LogP contribution in [-0.4, -0.2) is 12.6 Å². The van der Waals surface area contributed by atoms with Gasteiger partial charge in [-0.15, -0.1) is 0 Å². The first-order valence-electron chi connectivity index (χ1n) is 8.33. The molecule has 0 aliphatic carbocycles. The van der Waals surface area contributed by atoms with Gasteiger partial charge in [-0.2, -0.15) is 0 Å². The van der Waals surface area contributed by atoms with Gasteiger partial charge in [0.1, 0.15) is 0 Å². The molecule has 2 heteroatoms. The predicted octanol–water partition coefficient (Wildman–Crippen LogP) is 4.38. The normalized spacial score (nSPS) is 115. The third-order valence-electron chi connectivity index (χ3n) is 16.3. The van der Waals surface area contributed by atoms with Crippen LogP contribution in [0.25, 0.3) is 0 Å². The predicted molar refractivity (Wildman–Crippen MR) is 68.7 cm³/mol. The van der Waals surface area contributed by atoms with E-state index in [9.17, 15) is 0 Å². The zero-order valence-electron chi connectivity index (χ0n) is 11.4. The Morgan fingerprint density at radius 1 is 0.889 bits per heavy atom. The summed E-state index contributed by atoms with van der Waals surface area (Å²) in [6, 6.07) is 0.947. The van der Waals surface area contributed by atoms with Gasteiger partial charge in [0.2, 0.25) is 0 Å². The molecule has 10 heterocycles. The van der Waals surface area contributed by atoms with Crippen molar-refractivity contribution in [2.45, 2.75) is 71.4 Å². The van der Waals surface area contributed by atoms with Gasteiger partial charge in [-0.05, 0) is 0 Å². The Balaban J connectivity index is 1.35. The molecular formula is C16H23NRu. The molecule has 10 saturated heterocycles. The third-order valence-corrected chi connectivity index (χ3v) is 83.6.